The van der Waals surface area contributed by atoms with Gasteiger partial charge in [-0.25, -0.2) is 4.98 Å². The Morgan fingerprint density at radius 2 is 2.39 bits per heavy atom. The average Bonchev–Trinajstić information content (AvgIpc) is 3.02. The van der Waals surface area contributed by atoms with Crippen molar-refractivity contribution in [2.24, 2.45) is 5.92 Å². The molecule has 2 atom stereocenters. The molecule has 1 saturated heterocycles. The molecule has 18 heavy (non-hydrogen) atoms. The van der Waals surface area contributed by atoms with E-state index in [-0.39, 0.29) is 0 Å². The van der Waals surface area contributed by atoms with Gasteiger partial charge in [-0.15, -0.1) is 0 Å². The number of nitrogens with one attached hydrogen (secondary N) is 1. The summed E-state index contributed by atoms with van der Waals surface area (Å²) in [6.07, 6.45) is 7.76. The van der Waals surface area contributed by atoms with Crippen LogP contribution in [0, 0.1) is 5.92 Å². The van der Waals surface area contributed by atoms with Gasteiger partial charge >= 0.3 is 0 Å². The van der Waals surface area contributed by atoms with Gasteiger partial charge in [0.05, 0.1) is 6.04 Å². The summed E-state index contributed by atoms with van der Waals surface area (Å²) < 4.78 is 2.33. The van der Waals surface area contributed by atoms with Crippen molar-refractivity contribution in [3.63, 3.8) is 0 Å². The third-order valence-corrected chi connectivity index (χ3v) is 4.73. The van der Waals surface area contributed by atoms with Gasteiger partial charge in [0.25, 0.3) is 0 Å². The van der Waals surface area contributed by atoms with Crippen molar-refractivity contribution in [3.05, 3.63) is 18.2 Å². The van der Waals surface area contributed by atoms with Crippen LogP contribution in [-0.4, -0.2) is 27.6 Å². The maximum atomic E-state index is 4.62. The van der Waals surface area contributed by atoms with Crippen LogP contribution in [0.25, 0.3) is 0 Å². The summed E-state index contributed by atoms with van der Waals surface area (Å²) in [4.78, 5) is 4.62. The number of hydrogen-bond donors (Lipinski definition) is 1. The Morgan fingerprint density at radius 3 is 3.06 bits per heavy atom. The Balaban J connectivity index is 2.12. The van der Waals surface area contributed by atoms with Crippen LogP contribution >= 0.6 is 11.8 Å². The number of aromatic nitrogens is 2. The first-order chi connectivity index (χ1) is 8.86. The summed E-state index contributed by atoms with van der Waals surface area (Å²) in [7, 11) is 0. The largest absolute Gasteiger partial charge is 0.334 e. The molecule has 1 aliphatic heterocycles. The van der Waals surface area contributed by atoms with Crippen LogP contribution in [0.1, 0.15) is 45.0 Å². The average molecular weight is 267 g/mol. The number of imidazole rings is 1. The predicted octanol–water partition coefficient (Wildman–Crippen LogP) is 3.09. The predicted molar refractivity (Wildman–Crippen MR) is 79.0 cm³/mol. The summed E-state index contributed by atoms with van der Waals surface area (Å²) >= 11 is 2.08. The van der Waals surface area contributed by atoms with Gasteiger partial charge in [0.2, 0.25) is 0 Å². The highest BCUT2D eigenvalue weighted by atomic mass is 32.2. The molecule has 0 aromatic carbocycles. The molecule has 0 aliphatic carbocycles. The maximum absolute atomic E-state index is 4.62. The van der Waals surface area contributed by atoms with E-state index in [1.54, 1.807) is 0 Å². The number of aryl methyl sites for hydroxylation is 1. The fourth-order valence-corrected chi connectivity index (χ4v) is 3.91. The molecule has 1 N–H and O–H groups in total. The topological polar surface area (TPSA) is 29.9 Å². The zero-order valence-corrected chi connectivity index (χ0v) is 12.4. The lowest BCUT2D eigenvalue weighted by atomic mass is 9.98. The lowest BCUT2D eigenvalue weighted by Crippen LogP contribution is -2.31. The van der Waals surface area contributed by atoms with E-state index < -0.39 is 0 Å². The second-order valence-corrected chi connectivity index (χ2v) is 6.18. The van der Waals surface area contributed by atoms with Crippen molar-refractivity contribution in [2.45, 2.75) is 45.7 Å². The molecule has 2 heterocycles. The molecule has 0 bridgehead atoms. The minimum Gasteiger partial charge on any atom is -0.334 e. The van der Waals surface area contributed by atoms with E-state index >= 15 is 0 Å². The SMILES string of the molecule is CCCNC(c1nccn1CCC)C1CCSC1. The van der Waals surface area contributed by atoms with Crippen LogP contribution in [0.3, 0.4) is 0 Å². The van der Waals surface area contributed by atoms with Crippen molar-refractivity contribution in [2.75, 3.05) is 18.1 Å². The van der Waals surface area contributed by atoms with Gasteiger partial charge in [-0.2, -0.15) is 11.8 Å². The van der Waals surface area contributed by atoms with E-state index in [9.17, 15) is 0 Å². The zero-order chi connectivity index (χ0) is 12.8. The number of hydrogen-bond acceptors (Lipinski definition) is 3. The molecule has 2 unspecified atom stereocenters. The van der Waals surface area contributed by atoms with Crippen molar-refractivity contribution in [1.29, 1.82) is 0 Å². The van der Waals surface area contributed by atoms with Gasteiger partial charge in [0.1, 0.15) is 5.82 Å². The highest BCUT2D eigenvalue weighted by molar-refractivity contribution is 7.99. The third kappa shape index (κ3) is 3.29. The number of thioether (sulfide) groups is 1. The molecule has 2 rings (SSSR count). The molecule has 3 nitrogen and oxygen atoms in total. The minimum atomic E-state index is 0.446. The lowest BCUT2D eigenvalue weighted by Gasteiger charge is -2.24. The summed E-state index contributed by atoms with van der Waals surface area (Å²) in [5.41, 5.74) is 0. The molecule has 0 amide bonds. The zero-order valence-electron chi connectivity index (χ0n) is 11.6. The van der Waals surface area contributed by atoms with Crippen LogP contribution in [0.4, 0.5) is 0 Å². The normalized spacial score (nSPS) is 21.3. The lowest BCUT2D eigenvalue weighted by molar-refractivity contribution is 0.364. The van der Waals surface area contributed by atoms with E-state index in [0.717, 1.165) is 19.0 Å². The monoisotopic (exact) mass is 267 g/mol. The van der Waals surface area contributed by atoms with Crippen LogP contribution in [0.5, 0.6) is 0 Å². The Labute approximate surface area is 115 Å². The van der Waals surface area contributed by atoms with Crippen molar-refractivity contribution < 1.29 is 0 Å². The molecule has 1 fully saturated rings. The fourth-order valence-electron chi connectivity index (χ4n) is 2.61. The van der Waals surface area contributed by atoms with Crippen molar-refractivity contribution >= 4 is 11.8 Å². The summed E-state index contributed by atoms with van der Waals surface area (Å²) in [5.74, 6) is 4.58. The van der Waals surface area contributed by atoms with Crippen molar-refractivity contribution in [1.82, 2.24) is 14.9 Å². The molecular weight excluding hydrogens is 242 g/mol. The molecule has 1 aromatic heterocycles. The van der Waals surface area contributed by atoms with Gasteiger partial charge in [-0.05, 0) is 43.2 Å². The van der Waals surface area contributed by atoms with Gasteiger partial charge < -0.3 is 9.88 Å². The van der Waals surface area contributed by atoms with Gasteiger partial charge in [-0.3, -0.25) is 0 Å². The molecule has 1 aliphatic rings. The van der Waals surface area contributed by atoms with E-state index in [4.69, 9.17) is 0 Å². The van der Waals surface area contributed by atoms with E-state index in [1.807, 2.05) is 6.20 Å². The van der Waals surface area contributed by atoms with Gasteiger partial charge in [-0.1, -0.05) is 13.8 Å². The molecule has 102 valence electrons. The highest BCUT2D eigenvalue weighted by Gasteiger charge is 2.29. The van der Waals surface area contributed by atoms with E-state index in [1.165, 1.54) is 36.6 Å². The quantitative estimate of drug-likeness (QED) is 0.823. The number of nitrogens with zero attached hydrogens (tertiary/aromatic N) is 2. The van der Waals surface area contributed by atoms with Crippen LogP contribution in [0.15, 0.2) is 12.4 Å². The Hall–Kier alpha value is -0.480. The smallest absolute Gasteiger partial charge is 0.126 e. The Bertz CT molecular complexity index is 345. The van der Waals surface area contributed by atoms with Gasteiger partial charge in [0.15, 0.2) is 0 Å². The fraction of sp³-hybridized carbons (Fsp3) is 0.786. The number of rotatable bonds is 7. The van der Waals surface area contributed by atoms with Crippen LogP contribution in [-0.2, 0) is 6.54 Å². The Morgan fingerprint density at radius 1 is 1.50 bits per heavy atom. The standard InChI is InChI=1S/C14H25N3S/c1-3-6-15-13(12-5-10-18-11-12)14-16-7-9-17(14)8-4-2/h7,9,12-13,15H,3-6,8,10-11H2,1-2H3. The van der Waals surface area contributed by atoms with Crippen LogP contribution in [0.2, 0.25) is 0 Å². The van der Waals surface area contributed by atoms with E-state index in [2.05, 4.69) is 46.7 Å². The first kappa shape index (κ1) is 13.9. The summed E-state index contributed by atoms with van der Waals surface area (Å²) in [6.45, 7) is 6.62. The first-order valence-electron chi connectivity index (χ1n) is 7.19. The minimum absolute atomic E-state index is 0.446. The second kappa shape index (κ2) is 7.19. The summed E-state index contributed by atoms with van der Waals surface area (Å²) in [6, 6.07) is 0.446. The molecule has 4 heteroatoms. The van der Waals surface area contributed by atoms with E-state index in [0.29, 0.717) is 6.04 Å². The molecule has 1 aromatic rings. The molecule has 0 radical (unpaired) electrons. The maximum Gasteiger partial charge on any atom is 0.126 e. The van der Waals surface area contributed by atoms with Crippen LogP contribution < -0.4 is 5.32 Å². The first-order valence-corrected chi connectivity index (χ1v) is 8.34. The van der Waals surface area contributed by atoms with Crippen molar-refractivity contribution in [3.8, 4) is 0 Å². The highest BCUT2D eigenvalue weighted by Crippen LogP contribution is 2.33. The Kier molecular flexibility index (Phi) is 5.57. The molecular formula is C14H25N3S. The third-order valence-electron chi connectivity index (χ3n) is 3.54. The molecule has 0 saturated carbocycles. The van der Waals surface area contributed by atoms with Gasteiger partial charge in [0, 0.05) is 18.9 Å². The molecule has 0 spiro atoms. The summed E-state index contributed by atoms with van der Waals surface area (Å²) in [5, 5.41) is 3.72. The second-order valence-electron chi connectivity index (χ2n) is 5.03.